The lowest BCUT2D eigenvalue weighted by molar-refractivity contribution is -0.867. The number of carboxylic acid groups (broad SMARTS) is 1. The van der Waals surface area contributed by atoms with Gasteiger partial charge in [-0.05, 0) is 58.4 Å². The van der Waals surface area contributed by atoms with E-state index in [1.165, 1.54) is 6.26 Å². The lowest BCUT2D eigenvalue weighted by Crippen LogP contribution is -3.13. The van der Waals surface area contributed by atoms with Crippen molar-refractivity contribution >= 4 is 39.5 Å². The van der Waals surface area contributed by atoms with Crippen LogP contribution in [0.1, 0.15) is 57.8 Å². The van der Waals surface area contributed by atoms with Gasteiger partial charge >= 0.3 is 11.9 Å². The molecule has 6 aliphatic rings. The second kappa shape index (κ2) is 23.4. The molecule has 2 bridgehead atoms. The number of rotatable bonds is 13. The third-order valence-corrected chi connectivity index (χ3v) is 14.9. The molecule has 0 aromatic carbocycles. The Bertz CT molecular complexity index is 1770. The number of carbonyl (C=O) groups is 2. The van der Waals surface area contributed by atoms with Gasteiger partial charge in [0.1, 0.15) is 42.7 Å². The summed E-state index contributed by atoms with van der Waals surface area (Å²) in [5, 5.41) is 79.6. The summed E-state index contributed by atoms with van der Waals surface area (Å²) in [5.74, 6) is -5.21. The first kappa shape index (κ1) is 49.4. The normalized spacial score (nSPS) is 34.2. The molecule has 12 N–H and O–H groups in total. The number of nitrogens with two attached hydrogens (primary N) is 1. The largest absolute Gasteiger partial charge is 0.477 e. The molecule has 19 nitrogen and oxygen atoms in total. The van der Waals surface area contributed by atoms with Gasteiger partial charge in [0.25, 0.3) is 0 Å². The third kappa shape index (κ3) is 12.3. The molecule has 0 amide bonds. The minimum absolute atomic E-state index is 0.0693. The molecule has 21 heteroatoms. The molecule has 4 heterocycles. The minimum atomic E-state index is -2.93. The van der Waals surface area contributed by atoms with Crippen LogP contribution < -0.4 is 21.3 Å². The average Bonchev–Trinajstić information content (AvgIpc) is 3.71. The molecule has 0 spiro atoms. The maximum Gasteiger partial charge on any atom is 0.343 e. The molecule has 3 fully saturated rings. The summed E-state index contributed by atoms with van der Waals surface area (Å²) < 4.78 is 30.7. The van der Waals surface area contributed by atoms with Crippen LogP contribution in [0.2, 0.25) is 0 Å². The summed E-state index contributed by atoms with van der Waals surface area (Å²) >= 11 is 0. The van der Waals surface area contributed by atoms with Crippen LogP contribution in [0.15, 0.2) is 63.7 Å². The third-order valence-electron chi connectivity index (χ3n) is 12.3. The molecule has 352 valence electrons. The molecule has 4 aliphatic heterocycles. The standard InChI is InChI=1S/C42H63N5O14S2/c1-44-23-58-36-40(60-33(19-50)35(51)42(36,55)56)61-39-29(15-24-7-3-2-4-8-24)28-12-11-25-16-47(17-30(37(52)53)34(25)46-41(43)45-13-6-14-48)27(18-49)22-63-62-21-26-9-5-10-32(26)59-38(54)31(28)20-57-39/h11-12,15,17,20,26-29,32-33,35-36,39-40,44,48-51,55-56H,2-10,13-14,16,18-19,21-23H2,1H3,(H,52,53)(H3,43,45,46)/p+1. The number of guanidine groups is 1. The zero-order valence-corrected chi connectivity index (χ0v) is 37.1. The van der Waals surface area contributed by atoms with E-state index >= 15 is 0 Å². The van der Waals surface area contributed by atoms with Crippen molar-refractivity contribution < 1.29 is 73.9 Å². The Balaban J connectivity index is 1.49. The first-order valence-corrected chi connectivity index (χ1v) is 24.2. The zero-order chi connectivity index (χ0) is 45.1. The fourth-order valence-electron chi connectivity index (χ4n) is 8.83. The SMILES string of the molecule is CNCOC1C(OC2OC=C3C(=O)OC4CCCC4CSSCC(CO)[NH+]4C=C(C(=O)O)C(NC(N)=NCCCO)=C(C=CC3C2C=C2CCCCC2)C4)OC(CO)C(O)C1(O)O. The number of esters is 1. The summed E-state index contributed by atoms with van der Waals surface area (Å²) in [6.07, 6.45) is 7.18. The number of aliphatic imine (C=N–C) groups is 1. The van der Waals surface area contributed by atoms with Crippen molar-refractivity contribution in [2.75, 3.05) is 58.2 Å². The number of nitrogens with zero attached hydrogens (tertiary/aromatic N) is 1. The highest BCUT2D eigenvalue weighted by atomic mass is 33.1. The lowest BCUT2D eigenvalue weighted by Gasteiger charge is -2.47. The van der Waals surface area contributed by atoms with Crippen LogP contribution in [0.5, 0.6) is 0 Å². The van der Waals surface area contributed by atoms with E-state index in [-0.39, 0.29) is 73.9 Å². The number of aliphatic hydroxyl groups excluding tert-OH is 4. The summed E-state index contributed by atoms with van der Waals surface area (Å²) in [6, 6.07) is -0.387. The van der Waals surface area contributed by atoms with Gasteiger partial charge in [-0.2, -0.15) is 0 Å². The Morgan fingerprint density at radius 2 is 1.87 bits per heavy atom. The first-order valence-electron chi connectivity index (χ1n) is 21.7. The monoisotopic (exact) mass is 926 g/mol. The van der Waals surface area contributed by atoms with Gasteiger partial charge in [0.2, 0.25) is 12.1 Å². The summed E-state index contributed by atoms with van der Waals surface area (Å²) in [7, 11) is 4.78. The van der Waals surface area contributed by atoms with Crippen LogP contribution in [-0.4, -0.2) is 161 Å². The number of ether oxygens (including phenoxy) is 5. The van der Waals surface area contributed by atoms with Crippen molar-refractivity contribution in [2.45, 2.75) is 107 Å². The number of aliphatic hydroxyl groups is 6. The van der Waals surface area contributed by atoms with Crippen molar-refractivity contribution in [3.8, 4) is 0 Å². The van der Waals surface area contributed by atoms with Gasteiger partial charge in [0.15, 0.2) is 18.4 Å². The molecule has 6 rings (SSSR count). The molecule has 2 saturated carbocycles. The number of carbonyl (C=O) groups excluding carboxylic acids is 1. The van der Waals surface area contributed by atoms with Crippen LogP contribution in [-0.2, 0) is 33.3 Å². The Morgan fingerprint density at radius 3 is 2.59 bits per heavy atom. The molecule has 2 aliphatic carbocycles. The van der Waals surface area contributed by atoms with Gasteiger partial charge in [0, 0.05) is 36.3 Å². The summed E-state index contributed by atoms with van der Waals surface area (Å²) in [5.41, 5.74) is 8.07. The molecular weight excluding hydrogens is 863 g/mol. The fourth-order valence-corrected chi connectivity index (χ4v) is 11.7. The van der Waals surface area contributed by atoms with Gasteiger partial charge in [0.05, 0.1) is 49.1 Å². The van der Waals surface area contributed by atoms with Gasteiger partial charge in [-0.15, -0.1) is 0 Å². The average molecular weight is 927 g/mol. The van der Waals surface area contributed by atoms with E-state index in [9.17, 15) is 45.3 Å². The Labute approximate surface area is 374 Å². The number of carboxylic acids is 1. The van der Waals surface area contributed by atoms with E-state index in [2.05, 4.69) is 15.6 Å². The Kier molecular flexibility index (Phi) is 18.4. The van der Waals surface area contributed by atoms with E-state index in [1.54, 1.807) is 47.0 Å². The van der Waals surface area contributed by atoms with E-state index in [0.29, 0.717) is 34.8 Å². The lowest BCUT2D eigenvalue weighted by atomic mass is 9.80. The molecule has 0 radical (unpaired) electrons. The molecule has 11 atom stereocenters. The quantitative estimate of drug-likeness (QED) is 0.0203. The number of fused-ring (bicyclic) bond motifs is 4. The number of quaternary nitrogens is 1. The van der Waals surface area contributed by atoms with Gasteiger partial charge in [-0.25, -0.2) is 9.59 Å². The highest BCUT2D eigenvalue weighted by Gasteiger charge is 2.57. The number of aliphatic carboxylic acids is 1. The molecular formula is C42H64N5O14S2+. The van der Waals surface area contributed by atoms with Crippen LogP contribution in [0.25, 0.3) is 0 Å². The molecule has 11 unspecified atom stereocenters. The van der Waals surface area contributed by atoms with Crippen molar-refractivity contribution in [3.63, 3.8) is 0 Å². The number of nitrogens with one attached hydrogen (secondary N) is 3. The van der Waals surface area contributed by atoms with Gasteiger partial charge in [-0.1, -0.05) is 51.8 Å². The van der Waals surface area contributed by atoms with E-state index in [4.69, 9.17) is 29.4 Å². The maximum absolute atomic E-state index is 14.5. The molecule has 1 saturated heterocycles. The number of hydrogen-bond acceptors (Lipinski definition) is 17. The summed E-state index contributed by atoms with van der Waals surface area (Å²) in [6.45, 7) is -0.918. The predicted molar refractivity (Wildman–Crippen MR) is 232 cm³/mol. The van der Waals surface area contributed by atoms with Gasteiger partial charge in [-0.3, -0.25) is 15.2 Å². The predicted octanol–water partition coefficient (Wildman–Crippen LogP) is -0.881. The van der Waals surface area contributed by atoms with E-state index in [0.717, 1.165) is 50.5 Å². The van der Waals surface area contributed by atoms with Crippen molar-refractivity contribution in [2.24, 2.45) is 28.5 Å². The minimum Gasteiger partial charge on any atom is -0.477 e. The number of hydrogen-bond donors (Lipinski definition) is 11. The van der Waals surface area contributed by atoms with E-state index < -0.39 is 67.1 Å². The molecule has 63 heavy (non-hydrogen) atoms. The van der Waals surface area contributed by atoms with Crippen LogP contribution >= 0.6 is 21.6 Å². The highest BCUT2D eigenvalue weighted by molar-refractivity contribution is 8.76. The van der Waals surface area contributed by atoms with Crippen LogP contribution in [0.4, 0.5) is 0 Å². The van der Waals surface area contributed by atoms with E-state index in [1.807, 2.05) is 6.08 Å². The van der Waals surface area contributed by atoms with Crippen LogP contribution in [0.3, 0.4) is 0 Å². The summed E-state index contributed by atoms with van der Waals surface area (Å²) in [4.78, 5) is 32.5. The Hall–Kier alpha value is -3.03. The fraction of sp³-hybridized carbons (Fsp3) is 0.690. The highest BCUT2D eigenvalue weighted by Crippen LogP contribution is 2.42. The second-order valence-corrected chi connectivity index (χ2v) is 19.2. The Morgan fingerprint density at radius 1 is 1.10 bits per heavy atom. The maximum atomic E-state index is 14.5. The van der Waals surface area contributed by atoms with Crippen molar-refractivity contribution in [1.82, 2.24) is 10.6 Å². The van der Waals surface area contributed by atoms with Crippen LogP contribution in [0, 0.1) is 17.8 Å². The van der Waals surface area contributed by atoms with Crippen molar-refractivity contribution in [3.05, 3.63) is 58.7 Å². The molecule has 0 aromatic heterocycles. The molecule has 0 aromatic rings. The topological polar surface area (TPSA) is 289 Å². The van der Waals surface area contributed by atoms with Crippen molar-refractivity contribution in [1.29, 1.82) is 0 Å². The number of allylic oxidation sites excluding steroid dienone is 2. The zero-order valence-electron chi connectivity index (χ0n) is 35.5. The second-order valence-electron chi connectivity index (χ2n) is 16.7. The smallest absolute Gasteiger partial charge is 0.343 e. The first-order chi connectivity index (χ1) is 30.4. The van der Waals surface area contributed by atoms with Gasteiger partial charge < -0.3 is 70.5 Å².